The van der Waals surface area contributed by atoms with Crippen LogP contribution in [0.2, 0.25) is 0 Å². The molecular weight excluding hydrogens is 297 g/mol. The van der Waals surface area contributed by atoms with E-state index < -0.39 is 0 Å². The van der Waals surface area contributed by atoms with E-state index in [-0.39, 0.29) is 17.1 Å². The van der Waals surface area contributed by atoms with Crippen LogP contribution in [0.25, 0.3) is 0 Å². The topological polar surface area (TPSA) is 20.3 Å². The Morgan fingerprint density at radius 1 is 1.18 bits per heavy atom. The van der Waals surface area contributed by atoms with Gasteiger partial charge in [0.15, 0.2) is 0 Å². The normalized spacial score (nSPS) is 18.0. The quantitative estimate of drug-likeness (QED) is 0.844. The monoisotopic (exact) mass is 315 g/mol. The number of thioether (sulfide) groups is 1. The van der Waals surface area contributed by atoms with Crippen molar-refractivity contribution in [2.45, 2.75) is 25.3 Å². The highest BCUT2D eigenvalue weighted by Crippen LogP contribution is 2.39. The first-order valence-electron chi connectivity index (χ1n) is 7.41. The Bertz CT molecular complexity index is 671. The maximum atomic E-state index is 13.3. The molecule has 1 heterocycles. The van der Waals surface area contributed by atoms with Crippen LogP contribution in [0.3, 0.4) is 0 Å². The Balaban J connectivity index is 1.82. The summed E-state index contributed by atoms with van der Waals surface area (Å²) in [5, 5.41) is 0.0154. The maximum absolute atomic E-state index is 13.3. The molecule has 1 unspecified atom stereocenters. The van der Waals surface area contributed by atoms with Gasteiger partial charge in [0.2, 0.25) is 5.91 Å². The molecule has 1 aliphatic heterocycles. The average molecular weight is 315 g/mol. The minimum atomic E-state index is -0.263. The third kappa shape index (κ3) is 3.17. The van der Waals surface area contributed by atoms with E-state index in [1.165, 1.54) is 17.7 Å². The minimum Gasteiger partial charge on any atom is -0.322 e. The molecule has 0 bridgehead atoms. The summed E-state index contributed by atoms with van der Waals surface area (Å²) < 4.78 is 13.3. The Hall–Kier alpha value is -1.81. The second kappa shape index (κ2) is 6.53. The third-order valence-electron chi connectivity index (χ3n) is 3.88. The first-order chi connectivity index (χ1) is 10.7. The molecule has 1 amide bonds. The first-order valence-corrected chi connectivity index (χ1v) is 8.46. The van der Waals surface area contributed by atoms with Crippen molar-refractivity contribution >= 4 is 17.7 Å². The van der Waals surface area contributed by atoms with E-state index in [0.29, 0.717) is 12.3 Å². The molecule has 114 valence electrons. The Labute approximate surface area is 134 Å². The summed E-state index contributed by atoms with van der Waals surface area (Å²) in [6.45, 7) is 2.57. The van der Waals surface area contributed by atoms with Crippen LogP contribution in [-0.4, -0.2) is 16.6 Å². The largest absolute Gasteiger partial charge is 0.322 e. The predicted octanol–water partition coefficient (Wildman–Crippen LogP) is 4.16. The second-order valence-corrected chi connectivity index (χ2v) is 6.48. The van der Waals surface area contributed by atoms with Gasteiger partial charge in [0.1, 0.15) is 11.2 Å². The molecule has 0 radical (unpaired) electrons. The summed E-state index contributed by atoms with van der Waals surface area (Å²) in [6.07, 6.45) is 1.00. The second-order valence-electron chi connectivity index (χ2n) is 5.41. The van der Waals surface area contributed by atoms with Crippen molar-refractivity contribution in [1.82, 2.24) is 4.90 Å². The average Bonchev–Trinajstić information content (AvgIpc) is 2.89. The molecule has 0 aromatic heterocycles. The number of carbonyl (C=O) groups excluding carboxylic acids is 1. The molecule has 0 spiro atoms. The van der Waals surface area contributed by atoms with E-state index in [1.807, 2.05) is 11.0 Å². The van der Waals surface area contributed by atoms with Crippen LogP contribution in [0.5, 0.6) is 0 Å². The number of hydrogen-bond acceptors (Lipinski definition) is 2. The van der Waals surface area contributed by atoms with E-state index in [2.05, 4.69) is 31.2 Å². The fourth-order valence-electron chi connectivity index (χ4n) is 2.65. The lowest BCUT2D eigenvalue weighted by atomic mass is 10.1. The molecule has 2 nitrogen and oxygen atoms in total. The molecule has 22 heavy (non-hydrogen) atoms. The number of halogens is 1. The van der Waals surface area contributed by atoms with Crippen LogP contribution < -0.4 is 0 Å². The molecule has 1 fully saturated rings. The van der Waals surface area contributed by atoms with Gasteiger partial charge in [-0.25, -0.2) is 4.39 Å². The molecule has 0 N–H and O–H groups in total. The lowest BCUT2D eigenvalue weighted by Crippen LogP contribution is -2.27. The fourth-order valence-corrected chi connectivity index (χ4v) is 3.84. The number of amides is 1. The van der Waals surface area contributed by atoms with Crippen LogP contribution in [0, 0.1) is 5.82 Å². The van der Waals surface area contributed by atoms with Gasteiger partial charge in [-0.15, -0.1) is 11.8 Å². The van der Waals surface area contributed by atoms with Gasteiger partial charge >= 0.3 is 0 Å². The van der Waals surface area contributed by atoms with Crippen LogP contribution >= 0.6 is 11.8 Å². The highest BCUT2D eigenvalue weighted by molar-refractivity contribution is 8.00. The van der Waals surface area contributed by atoms with Crippen molar-refractivity contribution in [3.63, 3.8) is 0 Å². The fraction of sp³-hybridized carbons (Fsp3) is 0.278. The van der Waals surface area contributed by atoms with Crippen molar-refractivity contribution in [2.24, 2.45) is 0 Å². The molecule has 2 aromatic rings. The molecule has 1 saturated heterocycles. The van der Waals surface area contributed by atoms with Crippen molar-refractivity contribution in [3.8, 4) is 0 Å². The molecule has 0 aliphatic carbocycles. The van der Waals surface area contributed by atoms with Gasteiger partial charge < -0.3 is 4.90 Å². The van der Waals surface area contributed by atoms with Crippen LogP contribution in [0.4, 0.5) is 4.39 Å². The van der Waals surface area contributed by atoms with E-state index in [4.69, 9.17) is 0 Å². The number of carbonyl (C=O) groups is 1. The van der Waals surface area contributed by atoms with E-state index in [1.54, 1.807) is 17.8 Å². The maximum Gasteiger partial charge on any atom is 0.234 e. The number of aryl methyl sites for hydroxylation is 1. The van der Waals surface area contributed by atoms with E-state index in [0.717, 1.165) is 17.5 Å². The lowest BCUT2D eigenvalue weighted by Gasteiger charge is -2.24. The standard InChI is InChI=1S/C18H18FNOS/c1-2-13-6-8-15(9-7-13)18-20(17(21)12-22-18)11-14-4-3-5-16(19)10-14/h3-10,18H,2,11-12H2,1H3. The molecule has 4 heteroatoms. The van der Waals surface area contributed by atoms with Gasteiger partial charge in [-0.2, -0.15) is 0 Å². The first kappa shape index (κ1) is 15.1. The number of nitrogens with zero attached hydrogens (tertiary/aromatic N) is 1. The van der Waals surface area contributed by atoms with Crippen LogP contribution in [-0.2, 0) is 17.8 Å². The van der Waals surface area contributed by atoms with Crippen molar-refractivity contribution in [2.75, 3.05) is 5.75 Å². The lowest BCUT2D eigenvalue weighted by molar-refractivity contribution is -0.128. The Morgan fingerprint density at radius 3 is 2.64 bits per heavy atom. The Kier molecular flexibility index (Phi) is 4.48. The SMILES string of the molecule is CCc1ccc(C2SCC(=O)N2Cc2cccc(F)c2)cc1. The zero-order valence-electron chi connectivity index (χ0n) is 12.5. The molecular formula is C18H18FNOS. The van der Waals surface area contributed by atoms with Gasteiger partial charge in [0, 0.05) is 6.54 Å². The summed E-state index contributed by atoms with van der Waals surface area (Å²) in [7, 11) is 0. The summed E-state index contributed by atoms with van der Waals surface area (Å²) >= 11 is 1.63. The molecule has 1 atom stereocenters. The van der Waals surface area contributed by atoms with Crippen molar-refractivity contribution in [3.05, 3.63) is 71.0 Å². The molecule has 1 aliphatic rings. The summed E-state index contributed by atoms with van der Waals surface area (Å²) in [5.41, 5.74) is 3.24. The summed E-state index contributed by atoms with van der Waals surface area (Å²) in [4.78, 5) is 14.0. The van der Waals surface area contributed by atoms with Gasteiger partial charge in [-0.3, -0.25) is 4.79 Å². The van der Waals surface area contributed by atoms with Crippen molar-refractivity contribution in [1.29, 1.82) is 0 Å². The predicted molar refractivity (Wildman–Crippen MR) is 88.0 cm³/mol. The third-order valence-corrected chi connectivity index (χ3v) is 5.14. The van der Waals surface area contributed by atoms with Crippen LogP contribution in [0.15, 0.2) is 48.5 Å². The zero-order valence-corrected chi connectivity index (χ0v) is 13.3. The highest BCUT2D eigenvalue weighted by Gasteiger charge is 2.32. The van der Waals surface area contributed by atoms with Crippen molar-refractivity contribution < 1.29 is 9.18 Å². The van der Waals surface area contributed by atoms with Gasteiger partial charge in [0.05, 0.1) is 5.75 Å². The van der Waals surface area contributed by atoms with E-state index in [9.17, 15) is 9.18 Å². The number of hydrogen-bond donors (Lipinski definition) is 0. The van der Waals surface area contributed by atoms with Gasteiger partial charge in [-0.05, 0) is 35.2 Å². The molecule has 3 rings (SSSR count). The Morgan fingerprint density at radius 2 is 1.95 bits per heavy atom. The van der Waals surface area contributed by atoms with Gasteiger partial charge in [-0.1, -0.05) is 43.3 Å². The summed E-state index contributed by atoms with van der Waals surface area (Å²) in [6, 6.07) is 14.9. The number of rotatable bonds is 4. The summed E-state index contributed by atoms with van der Waals surface area (Å²) in [5.74, 6) is 0.328. The van der Waals surface area contributed by atoms with Crippen LogP contribution in [0.1, 0.15) is 29.0 Å². The number of benzene rings is 2. The van der Waals surface area contributed by atoms with E-state index >= 15 is 0 Å². The van der Waals surface area contributed by atoms with Gasteiger partial charge in [0.25, 0.3) is 0 Å². The highest BCUT2D eigenvalue weighted by atomic mass is 32.2. The smallest absolute Gasteiger partial charge is 0.234 e. The zero-order chi connectivity index (χ0) is 15.5. The molecule has 2 aromatic carbocycles. The minimum absolute atomic E-state index is 0.0154. The molecule has 0 saturated carbocycles.